The number of aromatic nitrogens is 2. The van der Waals surface area contributed by atoms with Crippen molar-refractivity contribution < 1.29 is 8.78 Å². The zero-order valence-corrected chi connectivity index (χ0v) is 14.0. The topological polar surface area (TPSA) is 49.8 Å². The van der Waals surface area contributed by atoms with Crippen molar-refractivity contribution in [2.75, 3.05) is 10.6 Å². The summed E-state index contributed by atoms with van der Waals surface area (Å²) in [5.41, 5.74) is 2.74. The van der Waals surface area contributed by atoms with Gasteiger partial charge >= 0.3 is 0 Å². The molecule has 3 aromatic rings. The molecule has 0 unspecified atom stereocenters. The maximum Gasteiger partial charge on any atom is 0.225 e. The summed E-state index contributed by atoms with van der Waals surface area (Å²) in [5, 5.41) is 5.84. The van der Waals surface area contributed by atoms with E-state index in [1.807, 2.05) is 31.2 Å². The van der Waals surface area contributed by atoms with Crippen LogP contribution in [0.4, 0.5) is 26.2 Å². The van der Waals surface area contributed by atoms with Crippen LogP contribution >= 0.6 is 0 Å². The van der Waals surface area contributed by atoms with E-state index in [9.17, 15) is 8.78 Å². The maximum absolute atomic E-state index is 13.8. The second kappa shape index (κ2) is 7.25. The standard InChI is InChI=1S/C19H18F2N4/c1-12-6-3-4-7-14(12)11-22-19-23-13(2)10-17(25-19)24-18-15(20)8-5-9-16(18)21/h3-10H,11H2,1-2H3,(H2,22,23,24,25). The predicted octanol–water partition coefficient (Wildman–Crippen LogP) is 4.73. The first-order valence-corrected chi connectivity index (χ1v) is 7.88. The molecule has 3 rings (SSSR count). The van der Waals surface area contributed by atoms with E-state index < -0.39 is 11.6 Å². The van der Waals surface area contributed by atoms with Crippen LogP contribution in [0.2, 0.25) is 0 Å². The van der Waals surface area contributed by atoms with E-state index in [0.29, 0.717) is 24.0 Å². The molecule has 128 valence electrons. The molecule has 2 aromatic carbocycles. The molecule has 0 fully saturated rings. The fourth-order valence-corrected chi connectivity index (χ4v) is 2.44. The van der Waals surface area contributed by atoms with Crippen molar-refractivity contribution in [1.29, 1.82) is 0 Å². The lowest BCUT2D eigenvalue weighted by molar-refractivity contribution is 0.590. The zero-order valence-electron chi connectivity index (χ0n) is 14.0. The van der Waals surface area contributed by atoms with E-state index in [-0.39, 0.29) is 5.69 Å². The Kier molecular flexibility index (Phi) is 4.88. The van der Waals surface area contributed by atoms with E-state index in [1.165, 1.54) is 18.2 Å². The minimum absolute atomic E-state index is 0.231. The molecule has 0 saturated heterocycles. The normalized spacial score (nSPS) is 10.6. The average Bonchev–Trinajstić information content (AvgIpc) is 2.57. The SMILES string of the molecule is Cc1cc(Nc2c(F)cccc2F)nc(NCc2ccccc2C)n1. The number of halogens is 2. The van der Waals surface area contributed by atoms with E-state index in [0.717, 1.165) is 11.1 Å². The molecule has 25 heavy (non-hydrogen) atoms. The minimum Gasteiger partial charge on any atom is -0.350 e. The molecule has 0 atom stereocenters. The Labute approximate surface area is 145 Å². The smallest absolute Gasteiger partial charge is 0.225 e. The molecule has 0 aliphatic carbocycles. The van der Waals surface area contributed by atoms with E-state index in [1.54, 1.807) is 13.0 Å². The second-order valence-electron chi connectivity index (χ2n) is 5.72. The van der Waals surface area contributed by atoms with Gasteiger partial charge in [0.05, 0.1) is 0 Å². The number of hydrogen-bond acceptors (Lipinski definition) is 4. The summed E-state index contributed by atoms with van der Waals surface area (Å²) in [6, 6.07) is 13.3. The number of para-hydroxylation sites is 1. The first kappa shape index (κ1) is 16.8. The molecule has 0 bridgehead atoms. The van der Waals surface area contributed by atoms with Gasteiger partial charge in [-0.3, -0.25) is 0 Å². The minimum atomic E-state index is -0.675. The van der Waals surface area contributed by atoms with Gasteiger partial charge in [-0.05, 0) is 37.1 Å². The summed E-state index contributed by atoms with van der Waals surface area (Å²) >= 11 is 0. The Morgan fingerprint density at radius 2 is 1.64 bits per heavy atom. The molecule has 0 aliphatic heterocycles. The van der Waals surface area contributed by atoms with E-state index in [2.05, 4.69) is 20.6 Å². The van der Waals surface area contributed by atoms with Crippen molar-refractivity contribution >= 4 is 17.5 Å². The van der Waals surface area contributed by atoms with Crippen LogP contribution in [-0.4, -0.2) is 9.97 Å². The lowest BCUT2D eigenvalue weighted by Crippen LogP contribution is -2.08. The molecule has 4 nitrogen and oxygen atoms in total. The van der Waals surface area contributed by atoms with Crippen LogP contribution in [0.25, 0.3) is 0 Å². The molecular weight excluding hydrogens is 322 g/mol. The lowest BCUT2D eigenvalue weighted by atomic mass is 10.1. The van der Waals surface area contributed by atoms with Crippen LogP contribution in [0.3, 0.4) is 0 Å². The Hall–Kier alpha value is -3.02. The largest absolute Gasteiger partial charge is 0.350 e. The fraction of sp³-hybridized carbons (Fsp3) is 0.158. The van der Waals surface area contributed by atoms with Crippen molar-refractivity contribution in [2.24, 2.45) is 0 Å². The van der Waals surface area contributed by atoms with Crippen molar-refractivity contribution in [1.82, 2.24) is 9.97 Å². The van der Waals surface area contributed by atoms with Gasteiger partial charge in [0.1, 0.15) is 23.1 Å². The van der Waals surface area contributed by atoms with Crippen LogP contribution in [0.5, 0.6) is 0 Å². The zero-order chi connectivity index (χ0) is 17.8. The highest BCUT2D eigenvalue weighted by Crippen LogP contribution is 2.23. The number of nitrogens with zero attached hydrogens (tertiary/aromatic N) is 2. The third-order valence-electron chi connectivity index (χ3n) is 3.77. The number of hydrogen-bond donors (Lipinski definition) is 2. The quantitative estimate of drug-likeness (QED) is 0.705. The number of aryl methyl sites for hydroxylation is 2. The number of rotatable bonds is 5. The molecule has 0 radical (unpaired) electrons. The molecule has 0 aliphatic rings. The van der Waals surface area contributed by atoms with Crippen molar-refractivity contribution in [2.45, 2.75) is 20.4 Å². The van der Waals surface area contributed by atoms with Crippen molar-refractivity contribution in [3.05, 3.63) is 77.0 Å². The highest BCUT2D eigenvalue weighted by atomic mass is 19.1. The summed E-state index contributed by atoms with van der Waals surface area (Å²) in [6.07, 6.45) is 0. The van der Waals surface area contributed by atoms with Crippen molar-refractivity contribution in [3.8, 4) is 0 Å². The number of benzene rings is 2. The Morgan fingerprint density at radius 1 is 0.920 bits per heavy atom. The number of nitrogens with one attached hydrogen (secondary N) is 2. The summed E-state index contributed by atoms with van der Waals surface area (Å²) in [7, 11) is 0. The van der Waals surface area contributed by atoms with Crippen LogP contribution in [0.1, 0.15) is 16.8 Å². The summed E-state index contributed by atoms with van der Waals surface area (Å²) in [6.45, 7) is 4.38. The predicted molar refractivity (Wildman–Crippen MR) is 94.9 cm³/mol. The molecule has 0 saturated carbocycles. The molecular formula is C19H18F2N4. The maximum atomic E-state index is 13.8. The molecule has 1 aromatic heterocycles. The van der Waals surface area contributed by atoms with Gasteiger partial charge in [-0.25, -0.2) is 13.8 Å². The van der Waals surface area contributed by atoms with Gasteiger partial charge in [0.15, 0.2) is 0 Å². The molecule has 6 heteroatoms. The number of anilines is 3. The van der Waals surface area contributed by atoms with Crippen LogP contribution in [0, 0.1) is 25.5 Å². The van der Waals surface area contributed by atoms with Gasteiger partial charge in [0.2, 0.25) is 5.95 Å². The van der Waals surface area contributed by atoms with Crippen molar-refractivity contribution in [3.63, 3.8) is 0 Å². The summed E-state index contributed by atoms with van der Waals surface area (Å²) in [5.74, 6) is -0.636. The highest BCUT2D eigenvalue weighted by molar-refractivity contribution is 5.59. The van der Waals surface area contributed by atoms with E-state index in [4.69, 9.17) is 0 Å². The second-order valence-corrected chi connectivity index (χ2v) is 5.72. The molecule has 1 heterocycles. The van der Waals surface area contributed by atoms with Gasteiger partial charge in [-0.1, -0.05) is 30.3 Å². The molecule has 2 N–H and O–H groups in total. The Balaban J connectivity index is 1.80. The monoisotopic (exact) mass is 340 g/mol. The van der Waals surface area contributed by atoms with Gasteiger partial charge in [-0.15, -0.1) is 0 Å². The first-order chi connectivity index (χ1) is 12.0. The summed E-state index contributed by atoms with van der Waals surface area (Å²) < 4.78 is 27.6. The van der Waals surface area contributed by atoms with Crippen LogP contribution in [-0.2, 0) is 6.54 Å². The Bertz CT molecular complexity index is 876. The first-order valence-electron chi connectivity index (χ1n) is 7.88. The van der Waals surface area contributed by atoms with Gasteiger partial charge in [0, 0.05) is 18.3 Å². The lowest BCUT2D eigenvalue weighted by Gasteiger charge is -2.12. The van der Waals surface area contributed by atoms with Gasteiger partial charge in [-0.2, -0.15) is 4.98 Å². The van der Waals surface area contributed by atoms with Crippen LogP contribution < -0.4 is 10.6 Å². The Morgan fingerprint density at radius 3 is 2.36 bits per heavy atom. The molecule has 0 amide bonds. The average molecular weight is 340 g/mol. The third-order valence-corrected chi connectivity index (χ3v) is 3.77. The van der Waals surface area contributed by atoms with Gasteiger partial charge in [0.25, 0.3) is 0 Å². The summed E-state index contributed by atoms with van der Waals surface area (Å²) in [4.78, 5) is 8.60. The van der Waals surface area contributed by atoms with Gasteiger partial charge < -0.3 is 10.6 Å². The van der Waals surface area contributed by atoms with E-state index >= 15 is 0 Å². The third kappa shape index (κ3) is 4.09. The van der Waals surface area contributed by atoms with Crippen LogP contribution in [0.15, 0.2) is 48.5 Å². The molecule has 0 spiro atoms. The highest BCUT2D eigenvalue weighted by Gasteiger charge is 2.10. The fourth-order valence-electron chi connectivity index (χ4n) is 2.44.